The van der Waals surface area contributed by atoms with Crippen LogP contribution in [0.2, 0.25) is 0 Å². The van der Waals surface area contributed by atoms with Crippen molar-refractivity contribution in [2.24, 2.45) is 11.8 Å². The summed E-state index contributed by atoms with van der Waals surface area (Å²) in [5, 5.41) is 34.8. The fourth-order valence-corrected chi connectivity index (χ4v) is 2.63. The number of carboxylic acid groups (broad SMARTS) is 4. The highest BCUT2D eigenvalue weighted by Crippen LogP contribution is 2.47. The van der Waals surface area contributed by atoms with E-state index in [4.69, 9.17) is 30.2 Å². The van der Waals surface area contributed by atoms with Crippen molar-refractivity contribution in [2.75, 3.05) is 0 Å². The van der Waals surface area contributed by atoms with Crippen LogP contribution in [0, 0.1) is 11.8 Å². The Bertz CT molecular complexity index is 477. The summed E-state index contributed by atoms with van der Waals surface area (Å²) in [6.07, 6.45) is -1.30. The van der Waals surface area contributed by atoms with Crippen LogP contribution in [-0.2, 0) is 23.7 Å². The van der Waals surface area contributed by atoms with E-state index >= 15 is 0 Å². The summed E-state index contributed by atoms with van der Waals surface area (Å²) in [4.78, 5) is 60.8. The molecule has 0 aromatic carbocycles. The molecule has 0 spiro atoms. The summed E-state index contributed by atoms with van der Waals surface area (Å²) in [6, 6.07) is 0. The maximum atomic E-state index is 11.0. The summed E-state index contributed by atoms with van der Waals surface area (Å²) in [5.41, 5.74) is -2.86. The molecule has 0 aliphatic heterocycles. The lowest BCUT2D eigenvalue weighted by molar-refractivity contribution is -0.159. The fraction of sp³-hybridized carbons (Fsp3) is 0.500. The van der Waals surface area contributed by atoms with Gasteiger partial charge in [0.2, 0.25) is 0 Å². The predicted octanol–water partition coefficient (Wildman–Crippen LogP) is -1.51. The van der Waals surface area contributed by atoms with Gasteiger partial charge in [0, 0.05) is 0 Å². The molecule has 0 aliphatic rings. The molecular weight excluding hydrogens is 303 g/mol. The summed E-state index contributed by atoms with van der Waals surface area (Å²) in [6.45, 7) is 0. The Labute approximate surface area is 110 Å². The molecule has 0 bridgehead atoms. The molecule has 3 unspecified atom stereocenters. The maximum absolute atomic E-state index is 11.0. The van der Waals surface area contributed by atoms with Gasteiger partial charge in [-0.25, -0.2) is 0 Å². The summed E-state index contributed by atoms with van der Waals surface area (Å²) >= 11 is 0. The lowest BCUT2D eigenvalue weighted by Crippen LogP contribution is -2.43. The van der Waals surface area contributed by atoms with E-state index in [-0.39, 0.29) is 0 Å². The zero-order chi connectivity index (χ0) is 16.2. The fourth-order valence-electron chi connectivity index (χ4n) is 1.59. The molecular formula is C8H11O11P. The number of hydrogen-bond donors (Lipinski definition) is 6. The highest BCUT2D eigenvalue weighted by Gasteiger charge is 2.52. The van der Waals surface area contributed by atoms with E-state index < -0.39 is 55.4 Å². The molecule has 114 valence electrons. The van der Waals surface area contributed by atoms with Crippen molar-refractivity contribution in [1.82, 2.24) is 0 Å². The van der Waals surface area contributed by atoms with Gasteiger partial charge in [0.05, 0.1) is 18.3 Å². The Morgan fingerprint density at radius 2 is 1.30 bits per heavy atom. The van der Waals surface area contributed by atoms with Crippen LogP contribution < -0.4 is 0 Å². The van der Waals surface area contributed by atoms with E-state index in [9.17, 15) is 23.7 Å². The van der Waals surface area contributed by atoms with Crippen molar-refractivity contribution in [3.8, 4) is 0 Å². The third-order valence-electron chi connectivity index (χ3n) is 2.39. The first-order valence-electron chi connectivity index (χ1n) is 4.85. The third-order valence-corrected chi connectivity index (χ3v) is 3.65. The average molecular weight is 314 g/mol. The first kappa shape index (κ1) is 18.0. The van der Waals surface area contributed by atoms with E-state index in [2.05, 4.69) is 0 Å². The average Bonchev–Trinajstić information content (AvgIpc) is 2.19. The number of rotatable bonds is 8. The maximum Gasteiger partial charge on any atom is 0.340 e. The second-order valence-corrected chi connectivity index (χ2v) is 5.51. The van der Waals surface area contributed by atoms with Crippen LogP contribution in [0.15, 0.2) is 0 Å². The molecule has 0 fully saturated rings. The number of carboxylic acids is 4. The minimum atomic E-state index is -5.52. The van der Waals surface area contributed by atoms with Crippen LogP contribution in [0.5, 0.6) is 0 Å². The highest BCUT2D eigenvalue weighted by molar-refractivity contribution is 7.53. The lowest BCUT2D eigenvalue weighted by Gasteiger charge is -2.25. The molecule has 6 N–H and O–H groups in total. The van der Waals surface area contributed by atoms with Crippen LogP contribution in [0.25, 0.3) is 0 Å². The normalized spacial score (nSPS) is 15.9. The minimum absolute atomic E-state index is 1.30. The first-order chi connectivity index (χ1) is 8.89. The van der Waals surface area contributed by atoms with Crippen molar-refractivity contribution >= 4 is 31.5 Å². The predicted molar refractivity (Wildman–Crippen MR) is 58.0 cm³/mol. The monoisotopic (exact) mass is 314 g/mol. The molecule has 0 aromatic heterocycles. The Kier molecular flexibility index (Phi) is 5.82. The van der Waals surface area contributed by atoms with Crippen molar-refractivity contribution in [3.05, 3.63) is 0 Å². The Balaban J connectivity index is 5.87. The second-order valence-electron chi connectivity index (χ2n) is 3.78. The van der Waals surface area contributed by atoms with Gasteiger partial charge < -0.3 is 30.2 Å². The summed E-state index contributed by atoms with van der Waals surface area (Å²) in [5.74, 6) is -13.0. The Hall–Kier alpha value is -1.97. The molecule has 0 saturated carbocycles. The molecule has 0 aromatic rings. The van der Waals surface area contributed by atoms with Gasteiger partial charge in [-0.3, -0.25) is 23.7 Å². The van der Waals surface area contributed by atoms with Crippen LogP contribution in [-0.4, -0.2) is 59.7 Å². The zero-order valence-electron chi connectivity index (χ0n) is 9.61. The summed E-state index contributed by atoms with van der Waals surface area (Å²) < 4.78 is 11.0. The van der Waals surface area contributed by atoms with Gasteiger partial charge in [-0.15, -0.1) is 0 Å². The van der Waals surface area contributed by atoms with Crippen LogP contribution in [0.1, 0.15) is 6.42 Å². The molecule has 0 amide bonds. The molecule has 0 rings (SSSR count). The van der Waals surface area contributed by atoms with Crippen molar-refractivity contribution < 1.29 is 54.0 Å². The van der Waals surface area contributed by atoms with E-state index in [1.165, 1.54) is 0 Å². The van der Waals surface area contributed by atoms with Crippen LogP contribution in [0.4, 0.5) is 0 Å². The topological polar surface area (TPSA) is 207 Å². The third kappa shape index (κ3) is 4.61. The second kappa shape index (κ2) is 6.46. The zero-order valence-corrected chi connectivity index (χ0v) is 10.5. The largest absolute Gasteiger partial charge is 0.481 e. The van der Waals surface area contributed by atoms with E-state index in [1.807, 2.05) is 0 Å². The minimum Gasteiger partial charge on any atom is -0.481 e. The van der Waals surface area contributed by atoms with Crippen molar-refractivity contribution in [1.29, 1.82) is 0 Å². The molecule has 0 heterocycles. The number of carbonyl (C=O) groups is 4. The number of aliphatic carboxylic acids is 4. The lowest BCUT2D eigenvalue weighted by atomic mass is 9.86. The molecule has 0 radical (unpaired) electrons. The van der Waals surface area contributed by atoms with Crippen molar-refractivity contribution in [3.63, 3.8) is 0 Å². The Morgan fingerprint density at radius 1 is 0.850 bits per heavy atom. The van der Waals surface area contributed by atoms with Gasteiger partial charge >= 0.3 is 31.5 Å². The summed E-state index contributed by atoms with van der Waals surface area (Å²) in [7, 11) is -5.52. The quantitative estimate of drug-likeness (QED) is 0.284. The standard InChI is InChI=1S/C8H11O11P/c9-3(10)1-2(6(11)12)4(7(13)14)5(8(15)16)20(17,18)19/h2,4-5H,1H2,(H,9,10)(H,11,12)(H,13,14)(H,15,16)(H2,17,18,19). The van der Waals surface area contributed by atoms with Gasteiger partial charge in [0.25, 0.3) is 0 Å². The molecule has 0 saturated heterocycles. The molecule has 0 aliphatic carbocycles. The molecule has 3 atom stereocenters. The van der Waals surface area contributed by atoms with Crippen LogP contribution in [0.3, 0.4) is 0 Å². The smallest absolute Gasteiger partial charge is 0.340 e. The van der Waals surface area contributed by atoms with Gasteiger partial charge in [0.1, 0.15) is 0 Å². The van der Waals surface area contributed by atoms with E-state index in [1.54, 1.807) is 0 Å². The van der Waals surface area contributed by atoms with Gasteiger partial charge in [-0.1, -0.05) is 0 Å². The SMILES string of the molecule is O=C(O)CC(C(=O)O)C(C(=O)O)C(C(=O)O)P(=O)(O)O. The molecule has 11 nitrogen and oxygen atoms in total. The Morgan fingerprint density at radius 3 is 1.50 bits per heavy atom. The van der Waals surface area contributed by atoms with E-state index in [0.29, 0.717) is 0 Å². The van der Waals surface area contributed by atoms with Crippen molar-refractivity contribution in [2.45, 2.75) is 12.1 Å². The highest BCUT2D eigenvalue weighted by atomic mass is 31.2. The molecule has 20 heavy (non-hydrogen) atoms. The molecule has 12 heteroatoms. The van der Waals surface area contributed by atoms with Gasteiger partial charge in [0.15, 0.2) is 5.66 Å². The first-order valence-corrected chi connectivity index (χ1v) is 6.53. The van der Waals surface area contributed by atoms with Gasteiger partial charge in [-0.2, -0.15) is 0 Å². The van der Waals surface area contributed by atoms with Gasteiger partial charge in [-0.05, 0) is 0 Å². The van der Waals surface area contributed by atoms with Crippen LogP contribution >= 0.6 is 7.60 Å². The number of hydrogen-bond acceptors (Lipinski definition) is 5. The van der Waals surface area contributed by atoms with E-state index in [0.717, 1.165) is 0 Å².